The second-order valence-corrected chi connectivity index (χ2v) is 5.29. The normalized spacial score (nSPS) is 11.3. The van der Waals surface area contributed by atoms with Crippen LogP contribution in [0.4, 0.5) is 0 Å². The van der Waals surface area contributed by atoms with Crippen molar-refractivity contribution in [3.05, 3.63) is 23.0 Å². The third-order valence-corrected chi connectivity index (χ3v) is 4.01. The molecule has 0 aliphatic carbocycles. The number of carbonyl (C=O) groups is 1. The molecule has 0 radical (unpaired) electrons. The predicted octanol–water partition coefficient (Wildman–Crippen LogP) is 2.49. The van der Waals surface area contributed by atoms with E-state index in [2.05, 4.69) is 23.8 Å². The van der Waals surface area contributed by atoms with Crippen LogP contribution in [0.1, 0.15) is 17.4 Å². The van der Waals surface area contributed by atoms with Crippen LogP contribution in [-0.4, -0.2) is 20.3 Å². The number of imidazole rings is 1. The molecule has 3 heterocycles. The van der Waals surface area contributed by atoms with Gasteiger partial charge in [-0.15, -0.1) is 11.3 Å². The molecule has 18 heavy (non-hydrogen) atoms. The van der Waals surface area contributed by atoms with E-state index in [1.807, 2.05) is 0 Å². The number of aromatic nitrogens is 3. The highest BCUT2D eigenvalue weighted by atomic mass is 32.1. The van der Waals surface area contributed by atoms with Crippen molar-refractivity contribution in [3.8, 4) is 5.88 Å². The molecule has 3 aromatic heterocycles. The maximum Gasteiger partial charge on any atom is 0.309 e. The molecule has 0 aliphatic rings. The van der Waals surface area contributed by atoms with Crippen LogP contribution >= 0.6 is 11.3 Å². The number of rotatable bonds is 1. The van der Waals surface area contributed by atoms with Crippen LogP contribution in [0.15, 0.2) is 12.5 Å². The summed E-state index contributed by atoms with van der Waals surface area (Å²) in [6.07, 6.45) is 3.18. The first kappa shape index (κ1) is 11.2. The molecule has 0 aromatic carbocycles. The summed E-state index contributed by atoms with van der Waals surface area (Å²) >= 11 is 1.64. The Balaban J connectivity index is 2.35. The molecule has 0 amide bonds. The topological polar surface area (TPSA) is 56.5 Å². The molecular weight excluding hydrogens is 250 g/mol. The van der Waals surface area contributed by atoms with Gasteiger partial charge >= 0.3 is 5.97 Å². The summed E-state index contributed by atoms with van der Waals surface area (Å²) in [4.78, 5) is 21.9. The highest BCUT2D eigenvalue weighted by Crippen LogP contribution is 2.32. The first-order valence-corrected chi connectivity index (χ1v) is 6.29. The molecular formula is C12H11N3O2S. The van der Waals surface area contributed by atoms with E-state index in [1.165, 1.54) is 17.4 Å². The largest absolute Gasteiger partial charge is 0.407 e. The molecule has 3 aromatic rings. The van der Waals surface area contributed by atoms with Crippen LogP contribution in [0.25, 0.3) is 15.9 Å². The predicted molar refractivity (Wildman–Crippen MR) is 69.2 cm³/mol. The van der Waals surface area contributed by atoms with Gasteiger partial charge in [0.25, 0.3) is 0 Å². The molecule has 3 rings (SSSR count). The number of carbonyl (C=O) groups excluding carboxylic acids is 1. The SMILES string of the molecule is CC(=O)Oc1cnc2c3c(C)c(C)sc3ncn12. The third kappa shape index (κ3) is 1.49. The van der Waals surface area contributed by atoms with Crippen LogP contribution in [0, 0.1) is 13.8 Å². The van der Waals surface area contributed by atoms with Gasteiger partial charge in [0.1, 0.15) is 11.2 Å². The quantitative estimate of drug-likeness (QED) is 0.631. The lowest BCUT2D eigenvalue weighted by molar-refractivity contribution is -0.132. The van der Waals surface area contributed by atoms with E-state index in [0.29, 0.717) is 5.88 Å². The fourth-order valence-corrected chi connectivity index (χ4v) is 2.93. The van der Waals surface area contributed by atoms with Crippen molar-refractivity contribution in [2.45, 2.75) is 20.8 Å². The van der Waals surface area contributed by atoms with Crippen LogP contribution in [0.2, 0.25) is 0 Å². The molecule has 92 valence electrons. The molecule has 5 nitrogen and oxygen atoms in total. The first-order valence-electron chi connectivity index (χ1n) is 5.48. The Labute approximate surface area is 107 Å². The number of hydrogen-bond donors (Lipinski definition) is 0. The van der Waals surface area contributed by atoms with Gasteiger partial charge in [0.2, 0.25) is 5.88 Å². The van der Waals surface area contributed by atoms with Crippen LogP contribution in [-0.2, 0) is 4.79 Å². The molecule has 0 unspecified atom stereocenters. The lowest BCUT2D eigenvalue weighted by Crippen LogP contribution is -2.03. The van der Waals surface area contributed by atoms with Gasteiger partial charge in [0.15, 0.2) is 5.65 Å². The molecule has 0 N–H and O–H groups in total. The van der Waals surface area contributed by atoms with E-state index in [4.69, 9.17) is 4.74 Å². The van der Waals surface area contributed by atoms with E-state index in [0.717, 1.165) is 15.9 Å². The van der Waals surface area contributed by atoms with Crippen molar-refractivity contribution in [1.29, 1.82) is 0 Å². The zero-order valence-electron chi connectivity index (χ0n) is 10.2. The number of esters is 1. The highest BCUT2D eigenvalue weighted by Gasteiger charge is 2.14. The van der Waals surface area contributed by atoms with Crippen molar-refractivity contribution in [3.63, 3.8) is 0 Å². The van der Waals surface area contributed by atoms with E-state index in [-0.39, 0.29) is 5.97 Å². The fourth-order valence-electron chi connectivity index (χ4n) is 1.94. The van der Waals surface area contributed by atoms with Gasteiger partial charge in [-0.2, -0.15) is 0 Å². The average Bonchev–Trinajstić information content (AvgIpc) is 2.82. The van der Waals surface area contributed by atoms with Gasteiger partial charge in [-0.05, 0) is 19.4 Å². The first-order chi connectivity index (χ1) is 8.58. The summed E-state index contributed by atoms with van der Waals surface area (Å²) in [5.74, 6) is 0.0327. The molecule has 0 saturated carbocycles. The number of aryl methyl sites for hydroxylation is 2. The molecule has 0 fully saturated rings. The van der Waals surface area contributed by atoms with E-state index in [1.54, 1.807) is 28.3 Å². The monoisotopic (exact) mass is 261 g/mol. The van der Waals surface area contributed by atoms with Crippen molar-refractivity contribution in [2.24, 2.45) is 0 Å². The van der Waals surface area contributed by atoms with Crippen molar-refractivity contribution >= 4 is 33.2 Å². The second kappa shape index (κ2) is 3.78. The Kier molecular flexibility index (Phi) is 2.34. The Morgan fingerprint density at radius 2 is 2.17 bits per heavy atom. The van der Waals surface area contributed by atoms with Gasteiger partial charge in [0, 0.05) is 11.8 Å². The summed E-state index contributed by atoms with van der Waals surface area (Å²) < 4.78 is 6.79. The number of nitrogens with zero attached hydrogens (tertiary/aromatic N) is 3. The van der Waals surface area contributed by atoms with Gasteiger partial charge in [-0.3, -0.25) is 9.20 Å². The smallest absolute Gasteiger partial charge is 0.309 e. The van der Waals surface area contributed by atoms with Crippen molar-refractivity contribution < 1.29 is 9.53 Å². The van der Waals surface area contributed by atoms with Gasteiger partial charge < -0.3 is 4.74 Å². The van der Waals surface area contributed by atoms with E-state index in [9.17, 15) is 4.79 Å². The molecule has 0 aliphatic heterocycles. The second-order valence-electron chi connectivity index (χ2n) is 4.09. The summed E-state index contributed by atoms with van der Waals surface area (Å²) in [5.41, 5.74) is 1.95. The fraction of sp³-hybridized carbons (Fsp3) is 0.250. The van der Waals surface area contributed by atoms with Gasteiger partial charge in [0.05, 0.1) is 11.6 Å². The summed E-state index contributed by atoms with van der Waals surface area (Å²) in [6.45, 7) is 5.48. The Hall–Kier alpha value is -1.95. The summed E-state index contributed by atoms with van der Waals surface area (Å²) in [6, 6.07) is 0. The lowest BCUT2D eigenvalue weighted by Gasteiger charge is -2.00. The minimum Gasteiger partial charge on any atom is -0.407 e. The molecule has 0 atom stereocenters. The van der Waals surface area contributed by atoms with Crippen LogP contribution in [0.3, 0.4) is 0 Å². The van der Waals surface area contributed by atoms with Crippen LogP contribution < -0.4 is 4.74 Å². The lowest BCUT2D eigenvalue weighted by atomic mass is 10.2. The van der Waals surface area contributed by atoms with E-state index >= 15 is 0 Å². The van der Waals surface area contributed by atoms with Crippen LogP contribution in [0.5, 0.6) is 5.88 Å². The zero-order chi connectivity index (χ0) is 12.9. The Bertz CT molecular complexity index is 772. The van der Waals surface area contributed by atoms with Gasteiger partial charge in [-0.25, -0.2) is 9.97 Å². The third-order valence-electron chi connectivity index (χ3n) is 2.89. The molecule has 0 bridgehead atoms. The van der Waals surface area contributed by atoms with Crippen molar-refractivity contribution in [1.82, 2.24) is 14.4 Å². The highest BCUT2D eigenvalue weighted by molar-refractivity contribution is 7.18. The maximum atomic E-state index is 11.0. The summed E-state index contributed by atoms with van der Waals surface area (Å²) in [5, 5.41) is 1.03. The standard InChI is InChI=1S/C12H11N3O2S/c1-6-7(2)18-12-10(6)11-13-4-9(17-8(3)16)15(11)5-14-12/h4-5H,1-3H3. The number of hydrogen-bond acceptors (Lipinski definition) is 5. The zero-order valence-corrected chi connectivity index (χ0v) is 11.0. The average molecular weight is 261 g/mol. The molecule has 0 spiro atoms. The molecule has 6 heteroatoms. The van der Waals surface area contributed by atoms with E-state index < -0.39 is 0 Å². The Morgan fingerprint density at radius 3 is 2.89 bits per heavy atom. The number of ether oxygens (including phenoxy) is 1. The molecule has 0 saturated heterocycles. The Morgan fingerprint density at radius 1 is 1.39 bits per heavy atom. The number of thiophene rings is 1. The maximum absolute atomic E-state index is 11.0. The summed E-state index contributed by atoms with van der Waals surface area (Å²) in [7, 11) is 0. The number of fused-ring (bicyclic) bond motifs is 3. The minimum absolute atomic E-state index is 0.366. The van der Waals surface area contributed by atoms with Crippen molar-refractivity contribution in [2.75, 3.05) is 0 Å². The van der Waals surface area contributed by atoms with Gasteiger partial charge in [-0.1, -0.05) is 0 Å². The minimum atomic E-state index is -0.366.